The van der Waals surface area contributed by atoms with Gasteiger partial charge < -0.3 is 19.2 Å². The van der Waals surface area contributed by atoms with Crippen LogP contribution in [0.4, 0.5) is 5.69 Å². The standard InChI is InChI=1S/C22H19N3O5/c1-12-10-24-17(11-23-12)22(27)29-13(2)21(26)25-16-9-19-15(8-20(16)28-3)14-6-4-5-7-18(14)30-19/h4-11,13H,1-3H3,(H,25,26)/t13-/m0/s1. The third-order valence-corrected chi connectivity index (χ3v) is 4.60. The number of ether oxygens (including phenoxy) is 2. The number of furan rings is 1. The molecule has 8 nitrogen and oxygen atoms in total. The fourth-order valence-corrected chi connectivity index (χ4v) is 3.02. The van der Waals surface area contributed by atoms with E-state index in [9.17, 15) is 9.59 Å². The van der Waals surface area contributed by atoms with E-state index in [-0.39, 0.29) is 5.69 Å². The SMILES string of the molecule is COc1cc2c(cc1NC(=O)[C@H](C)OC(=O)c1cnc(C)cn1)oc1ccccc12. The molecule has 4 rings (SSSR count). The number of para-hydroxylation sites is 1. The van der Waals surface area contributed by atoms with Gasteiger partial charge in [-0.25, -0.2) is 9.78 Å². The van der Waals surface area contributed by atoms with Crippen molar-refractivity contribution in [2.75, 3.05) is 12.4 Å². The number of carbonyl (C=O) groups is 2. The highest BCUT2D eigenvalue weighted by atomic mass is 16.5. The molecule has 0 saturated carbocycles. The van der Waals surface area contributed by atoms with Crippen LogP contribution in [0.15, 0.2) is 53.2 Å². The molecule has 0 saturated heterocycles. The maximum Gasteiger partial charge on any atom is 0.359 e. The molecule has 0 aliphatic heterocycles. The molecule has 0 aliphatic carbocycles. The first-order chi connectivity index (χ1) is 14.5. The number of aromatic nitrogens is 2. The summed E-state index contributed by atoms with van der Waals surface area (Å²) in [5, 5.41) is 4.55. The lowest BCUT2D eigenvalue weighted by molar-refractivity contribution is -0.123. The molecule has 0 unspecified atom stereocenters. The Balaban J connectivity index is 1.55. The number of nitrogens with zero attached hydrogens (tertiary/aromatic N) is 2. The first-order valence-corrected chi connectivity index (χ1v) is 9.26. The van der Waals surface area contributed by atoms with Gasteiger partial charge in [0.2, 0.25) is 0 Å². The van der Waals surface area contributed by atoms with Gasteiger partial charge in [0.15, 0.2) is 11.8 Å². The van der Waals surface area contributed by atoms with Gasteiger partial charge in [-0.2, -0.15) is 0 Å². The minimum atomic E-state index is -1.06. The van der Waals surface area contributed by atoms with Crippen molar-refractivity contribution in [3.05, 3.63) is 60.2 Å². The van der Waals surface area contributed by atoms with E-state index in [1.54, 1.807) is 19.1 Å². The number of benzene rings is 2. The van der Waals surface area contributed by atoms with E-state index in [4.69, 9.17) is 13.9 Å². The summed E-state index contributed by atoms with van der Waals surface area (Å²) < 4.78 is 16.5. The monoisotopic (exact) mass is 405 g/mol. The molecule has 1 amide bonds. The van der Waals surface area contributed by atoms with Crippen LogP contribution in [0.25, 0.3) is 21.9 Å². The van der Waals surface area contributed by atoms with E-state index in [1.165, 1.54) is 26.4 Å². The van der Waals surface area contributed by atoms with Gasteiger partial charge in [-0.15, -0.1) is 0 Å². The van der Waals surface area contributed by atoms with Gasteiger partial charge in [-0.1, -0.05) is 18.2 Å². The summed E-state index contributed by atoms with van der Waals surface area (Å²) in [4.78, 5) is 32.7. The van der Waals surface area contributed by atoms with Crippen LogP contribution in [0, 0.1) is 6.92 Å². The van der Waals surface area contributed by atoms with Crippen LogP contribution >= 0.6 is 0 Å². The number of carbonyl (C=O) groups excluding carboxylic acids is 2. The molecule has 2 heterocycles. The van der Waals surface area contributed by atoms with E-state index >= 15 is 0 Å². The summed E-state index contributed by atoms with van der Waals surface area (Å²) in [6.07, 6.45) is 1.70. The summed E-state index contributed by atoms with van der Waals surface area (Å²) in [6, 6.07) is 11.1. The number of esters is 1. The molecule has 4 aromatic rings. The zero-order chi connectivity index (χ0) is 21.3. The predicted molar refractivity (Wildman–Crippen MR) is 111 cm³/mol. The van der Waals surface area contributed by atoms with Crippen molar-refractivity contribution in [2.24, 2.45) is 0 Å². The van der Waals surface area contributed by atoms with E-state index < -0.39 is 18.0 Å². The summed E-state index contributed by atoms with van der Waals surface area (Å²) >= 11 is 0. The Morgan fingerprint density at radius 1 is 1.07 bits per heavy atom. The zero-order valence-electron chi connectivity index (χ0n) is 16.6. The third kappa shape index (κ3) is 3.67. The predicted octanol–water partition coefficient (Wildman–Crippen LogP) is 3.88. The average Bonchev–Trinajstić information content (AvgIpc) is 3.10. The summed E-state index contributed by atoms with van der Waals surface area (Å²) in [5.41, 5.74) is 2.45. The average molecular weight is 405 g/mol. The Hall–Kier alpha value is -3.94. The second-order valence-corrected chi connectivity index (χ2v) is 6.73. The fourth-order valence-electron chi connectivity index (χ4n) is 3.02. The van der Waals surface area contributed by atoms with Crippen molar-refractivity contribution in [2.45, 2.75) is 20.0 Å². The number of hydrogen-bond donors (Lipinski definition) is 1. The van der Waals surface area contributed by atoms with E-state index in [1.807, 2.05) is 24.3 Å². The van der Waals surface area contributed by atoms with Crippen LogP contribution < -0.4 is 10.1 Å². The molecule has 0 fully saturated rings. The second kappa shape index (κ2) is 7.82. The van der Waals surface area contributed by atoms with Crippen molar-refractivity contribution in [1.29, 1.82) is 0 Å². The lowest BCUT2D eigenvalue weighted by atomic mass is 10.1. The van der Waals surface area contributed by atoms with Gasteiger partial charge in [0.25, 0.3) is 5.91 Å². The van der Waals surface area contributed by atoms with Crippen LogP contribution in [-0.4, -0.2) is 35.1 Å². The normalized spacial score (nSPS) is 12.0. The highest BCUT2D eigenvalue weighted by Gasteiger charge is 2.22. The van der Waals surface area contributed by atoms with Gasteiger partial charge >= 0.3 is 5.97 Å². The number of methoxy groups -OCH3 is 1. The quantitative estimate of drug-likeness (QED) is 0.503. The van der Waals surface area contributed by atoms with Gasteiger partial charge in [0.1, 0.15) is 16.9 Å². The number of anilines is 1. The Morgan fingerprint density at radius 3 is 2.60 bits per heavy atom. The van der Waals surface area contributed by atoms with Crippen LogP contribution in [0.1, 0.15) is 23.1 Å². The number of aryl methyl sites for hydroxylation is 1. The molecule has 0 bridgehead atoms. The Morgan fingerprint density at radius 2 is 1.87 bits per heavy atom. The lowest BCUT2D eigenvalue weighted by Gasteiger charge is -2.15. The molecule has 2 aromatic carbocycles. The smallest absolute Gasteiger partial charge is 0.359 e. The minimum Gasteiger partial charge on any atom is -0.495 e. The molecule has 1 N–H and O–H groups in total. The van der Waals surface area contributed by atoms with Crippen molar-refractivity contribution in [1.82, 2.24) is 9.97 Å². The van der Waals surface area contributed by atoms with Crippen LogP contribution in [0.5, 0.6) is 5.75 Å². The topological polar surface area (TPSA) is 104 Å². The van der Waals surface area contributed by atoms with Gasteiger partial charge in [-0.3, -0.25) is 9.78 Å². The van der Waals surface area contributed by atoms with Crippen molar-refractivity contribution in [3.63, 3.8) is 0 Å². The number of fused-ring (bicyclic) bond motifs is 3. The number of nitrogens with one attached hydrogen (secondary N) is 1. The summed E-state index contributed by atoms with van der Waals surface area (Å²) in [7, 11) is 1.51. The van der Waals surface area contributed by atoms with E-state index in [2.05, 4.69) is 15.3 Å². The molecule has 0 radical (unpaired) electrons. The molecule has 0 spiro atoms. The fraction of sp³-hybridized carbons (Fsp3) is 0.182. The van der Waals surface area contributed by atoms with Gasteiger partial charge in [0.05, 0.1) is 24.7 Å². The molecule has 8 heteroatoms. The Labute approximate surface area is 171 Å². The number of amides is 1. The maximum atomic E-state index is 12.6. The van der Waals surface area contributed by atoms with Crippen LogP contribution in [-0.2, 0) is 9.53 Å². The van der Waals surface area contributed by atoms with Gasteiger partial charge in [-0.05, 0) is 26.0 Å². The molecule has 1 atom stereocenters. The van der Waals surface area contributed by atoms with Crippen LogP contribution in [0.2, 0.25) is 0 Å². The molecule has 0 aliphatic rings. The molecule has 152 valence electrons. The summed E-state index contributed by atoms with van der Waals surface area (Å²) in [5.74, 6) is -0.785. The van der Waals surface area contributed by atoms with Crippen molar-refractivity contribution >= 4 is 39.5 Å². The molecule has 2 aromatic heterocycles. The van der Waals surface area contributed by atoms with Gasteiger partial charge in [0, 0.05) is 23.0 Å². The minimum absolute atomic E-state index is 0.0292. The maximum absolute atomic E-state index is 12.6. The highest BCUT2D eigenvalue weighted by Crippen LogP contribution is 2.36. The first kappa shape index (κ1) is 19.4. The lowest BCUT2D eigenvalue weighted by Crippen LogP contribution is -2.30. The molecular formula is C22H19N3O5. The van der Waals surface area contributed by atoms with Crippen LogP contribution in [0.3, 0.4) is 0 Å². The summed E-state index contributed by atoms with van der Waals surface area (Å²) in [6.45, 7) is 3.23. The highest BCUT2D eigenvalue weighted by molar-refractivity contribution is 6.08. The zero-order valence-corrected chi connectivity index (χ0v) is 16.6. The van der Waals surface area contributed by atoms with Crippen molar-refractivity contribution < 1.29 is 23.5 Å². The molecule has 30 heavy (non-hydrogen) atoms. The molecular weight excluding hydrogens is 386 g/mol. The second-order valence-electron chi connectivity index (χ2n) is 6.73. The van der Waals surface area contributed by atoms with E-state index in [0.29, 0.717) is 22.7 Å². The number of rotatable bonds is 5. The third-order valence-electron chi connectivity index (χ3n) is 4.60. The largest absolute Gasteiger partial charge is 0.495 e. The number of hydrogen-bond acceptors (Lipinski definition) is 7. The Kier molecular flexibility index (Phi) is 5.05. The van der Waals surface area contributed by atoms with Crippen molar-refractivity contribution in [3.8, 4) is 5.75 Å². The first-order valence-electron chi connectivity index (χ1n) is 9.26. The van der Waals surface area contributed by atoms with E-state index in [0.717, 1.165) is 16.4 Å². The Bertz CT molecular complexity index is 1250.